The maximum Gasteiger partial charge on any atom is 0.315 e. The fourth-order valence-electron chi connectivity index (χ4n) is 0.204. The number of hydrogen-bond donors (Lipinski definition) is 1. The molecule has 0 aromatic heterocycles. The Morgan fingerprint density at radius 2 is 2.33 bits per heavy atom. The van der Waals surface area contributed by atoms with Crippen LogP contribution in [0.1, 0.15) is 0 Å². The molecule has 0 aliphatic heterocycles. The highest BCUT2D eigenvalue weighted by Gasteiger charge is 1.97. The van der Waals surface area contributed by atoms with Crippen LogP contribution in [0.25, 0.3) is 0 Å². The third-order valence-electron chi connectivity index (χ3n) is 0.519. The number of hydrogen-bond acceptors (Lipinski definition) is 3. The summed E-state index contributed by atoms with van der Waals surface area (Å²) < 4.78 is 4.51. The molecule has 0 N–H and O–H groups in total. The lowest BCUT2D eigenvalue weighted by atomic mass is 10.7. The van der Waals surface area contributed by atoms with E-state index in [2.05, 4.69) is 23.9 Å². The van der Waals surface area contributed by atoms with E-state index in [0.717, 1.165) is 0 Å². The predicted octanol–water partition coefficient (Wildman–Crippen LogP) is 1.21. The van der Waals surface area contributed by atoms with Crippen molar-refractivity contribution < 1.29 is 9.53 Å². The van der Waals surface area contributed by atoms with Gasteiger partial charge in [-0.2, -0.15) is 12.6 Å². The van der Waals surface area contributed by atoms with Crippen LogP contribution in [0.4, 0.5) is 0 Å². The van der Waals surface area contributed by atoms with Gasteiger partial charge < -0.3 is 4.74 Å². The van der Waals surface area contributed by atoms with Gasteiger partial charge in [0.15, 0.2) is 0 Å². The summed E-state index contributed by atoms with van der Waals surface area (Å²) >= 11 is 8.95. The lowest BCUT2D eigenvalue weighted by Crippen LogP contribution is -2.06. The van der Waals surface area contributed by atoms with E-state index in [-0.39, 0.29) is 18.3 Å². The molecule has 52 valence electrons. The van der Waals surface area contributed by atoms with Crippen LogP contribution in [-0.4, -0.2) is 18.3 Å². The molecule has 0 fully saturated rings. The van der Waals surface area contributed by atoms with E-state index in [1.807, 2.05) is 0 Å². The molecule has 0 radical (unpaired) electrons. The fraction of sp³-hybridized carbons (Fsp3) is 0.400. The second-order valence-electron chi connectivity index (χ2n) is 1.34. The van der Waals surface area contributed by atoms with Crippen LogP contribution in [0.2, 0.25) is 0 Å². The number of ether oxygens (including phenoxy) is 1. The summed E-state index contributed by atoms with van der Waals surface area (Å²) in [5.41, 5.74) is 0. The van der Waals surface area contributed by atoms with Gasteiger partial charge in [-0.05, 0) is 0 Å². The van der Waals surface area contributed by atoms with Crippen molar-refractivity contribution >= 4 is 30.2 Å². The number of carbonyl (C=O) groups excluding carboxylic acids is 1. The normalized spacial score (nSPS) is 8.67. The van der Waals surface area contributed by atoms with Gasteiger partial charge in [0.1, 0.15) is 6.61 Å². The molecule has 0 spiro atoms. The molecular weight excluding hydrogens is 160 g/mol. The summed E-state index contributed by atoms with van der Waals surface area (Å²) in [6.07, 6.45) is 0. The molecule has 0 saturated heterocycles. The van der Waals surface area contributed by atoms with Crippen molar-refractivity contribution in [2.24, 2.45) is 0 Å². The molecule has 0 atom stereocenters. The van der Waals surface area contributed by atoms with Gasteiger partial charge in [-0.3, -0.25) is 4.79 Å². The molecule has 0 heterocycles. The van der Waals surface area contributed by atoms with E-state index in [9.17, 15) is 4.79 Å². The van der Waals surface area contributed by atoms with E-state index in [0.29, 0.717) is 5.03 Å². The summed E-state index contributed by atoms with van der Waals surface area (Å²) in [6, 6.07) is 0. The van der Waals surface area contributed by atoms with Gasteiger partial charge in [-0.15, -0.1) is 0 Å². The fourth-order valence-corrected chi connectivity index (χ4v) is 0.350. The molecule has 0 amide bonds. The van der Waals surface area contributed by atoms with Crippen LogP contribution in [0.3, 0.4) is 0 Å². The predicted molar refractivity (Wildman–Crippen MR) is 39.8 cm³/mol. The summed E-state index contributed by atoms with van der Waals surface area (Å²) in [7, 11) is 0. The summed E-state index contributed by atoms with van der Waals surface area (Å²) in [5.74, 6) is -0.315. The van der Waals surface area contributed by atoms with Gasteiger partial charge in [-0.25, -0.2) is 0 Å². The van der Waals surface area contributed by atoms with E-state index in [4.69, 9.17) is 11.6 Å². The third-order valence-corrected chi connectivity index (χ3v) is 0.886. The minimum absolute atomic E-state index is 0.0704. The third kappa shape index (κ3) is 5.73. The maximum atomic E-state index is 10.3. The molecule has 0 unspecified atom stereocenters. The Balaban J connectivity index is 3.28. The van der Waals surface area contributed by atoms with E-state index in [1.54, 1.807) is 0 Å². The molecule has 4 heteroatoms. The zero-order chi connectivity index (χ0) is 7.28. The van der Waals surface area contributed by atoms with Gasteiger partial charge in [0, 0.05) is 5.03 Å². The van der Waals surface area contributed by atoms with Crippen LogP contribution in [0, 0.1) is 0 Å². The van der Waals surface area contributed by atoms with Crippen LogP contribution >= 0.6 is 24.2 Å². The lowest BCUT2D eigenvalue weighted by Gasteiger charge is -1.98. The van der Waals surface area contributed by atoms with Gasteiger partial charge in [0.2, 0.25) is 0 Å². The molecule has 9 heavy (non-hydrogen) atoms. The second-order valence-corrected chi connectivity index (χ2v) is 2.19. The van der Waals surface area contributed by atoms with Crippen LogP contribution in [-0.2, 0) is 9.53 Å². The Labute approximate surface area is 64.2 Å². The van der Waals surface area contributed by atoms with Gasteiger partial charge in [0.05, 0.1) is 5.75 Å². The number of esters is 1. The second kappa shape index (κ2) is 4.70. The highest BCUT2D eigenvalue weighted by Crippen LogP contribution is 1.96. The van der Waals surface area contributed by atoms with Crippen molar-refractivity contribution in [2.75, 3.05) is 12.4 Å². The van der Waals surface area contributed by atoms with E-state index in [1.165, 1.54) is 0 Å². The highest BCUT2D eigenvalue weighted by atomic mass is 35.5. The smallest absolute Gasteiger partial charge is 0.315 e. The zero-order valence-electron chi connectivity index (χ0n) is 4.76. The van der Waals surface area contributed by atoms with E-state index >= 15 is 0 Å². The quantitative estimate of drug-likeness (QED) is 0.504. The van der Waals surface area contributed by atoms with Crippen molar-refractivity contribution in [1.82, 2.24) is 0 Å². The van der Waals surface area contributed by atoms with Crippen LogP contribution < -0.4 is 0 Å². The Kier molecular flexibility index (Phi) is 4.62. The minimum atomic E-state index is -0.389. The van der Waals surface area contributed by atoms with Crippen LogP contribution in [0.5, 0.6) is 0 Å². The van der Waals surface area contributed by atoms with Crippen molar-refractivity contribution in [3.05, 3.63) is 11.6 Å². The highest BCUT2D eigenvalue weighted by molar-refractivity contribution is 7.81. The topological polar surface area (TPSA) is 26.3 Å². The molecule has 2 nitrogen and oxygen atoms in total. The molecule has 0 aliphatic carbocycles. The zero-order valence-corrected chi connectivity index (χ0v) is 6.41. The van der Waals surface area contributed by atoms with Gasteiger partial charge in [0.25, 0.3) is 0 Å². The molecule has 0 bridgehead atoms. The molecular formula is C5H7ClO2S. The Bertz CT molecular complexity index is 124. The SMILES string of the molecule is C=C(Cl)COC(=O)CS. The van der Waals surface area contributed by atoms with Gasteiger partial charge >= 0.3 is 5.97 Å². The average Bonchev–Trinajstić information content (AvgIpc) is 1.83. The first-order valence-electron chi connectivity index (χ1n) is 2.26. The summed E-state index contributed by atoms with van der Waals surface area (Å²) in [4.78, 5) is 10.3. The first-order chi connectivity index (χ1) is 4.16. The van der Waals surface area contributed by atoms with Crippen molar-refractivity contribution in [3.63, 3.8) is 0 Å². The van der Waals surface area contributed by atoms with Crippen LogP contribution in [0.15, 0.2) is 11.6 Å². The Morgan fingerprint density at radius 1 is 1.78 bits per heavy atom. The first kappa shape index (κ1) is 8.85. The van der Waals surface area contributed by atoms with Gasteiger partial charge in [-0.1, -0.05) is 18.2 Å². The number of thiol groups is 1. The number of rotatable bonds is 3. The average molecular weight is 167 g/mol. The Hall–Kier alpha value is -0.150. The standard InChI is InChI=1S/C5H7ClO2S/c1-4(6)2-8-5(7)3-9/h9H,1-3H2. The lowest BCUT2D eigenvalue weighted by molar-refractivity contribution is -0.139. The minimum Gasteiger partial charge on any atom is -0.459 e. The number of halogens is 1. The van der Waals surface area contributed by atoms with Crippen molar-refractivity contribution in [1.29, 1.82) is 0 Å². The summed E-state index contributed by atoms with van der Waals surface area (Å²) in [6.45, 7) is 3.40. The number of carbonyl (C=O) groups is 1. The van der Waals surface area contributed by atoms with Crippen molar-refractivity contribution in [2.45, 2.75) is 0 Å². The van der Waals surface area contributed by atoms with E-state index < -0.39 is 0 Å². The Morgan fingerprint density at radius 3 is 2.67 bits per heavy atom. The monoisotopic (exact) mass is 166 g/mol. The molecule has 0 aromatic carbocycles. The summed E-state index contributed by atoms with van der Waals surface area (Å²) in [5, 5.41) is 0.310. The molecule has 0 aromatic rings. The molecule has 0 aliphatic rings. The molecule has 0 saturated carbocycles. The molecule has 0 rings (SSSR count). The van der Waals surface area contributed by atoms with Crippen molar-refractivity contribution in [3.8, 4) is 0 Å². The largest absolute Gasteiger partial charge is 0.459 e. The maximum absolute atomic E-state index is 10.3. The first-order valence-corrected chi connectivity index (χ1v) is 3.27.